The molecule has 0 spiro atoms. The van der Waals surface area contributed by atoms with Gasteiger partial charge in [0.1, 0.15) is 11.6 Å². The molecule has 2 aromatic rings. The van der Waals surface area contributed by atoms with Gasteiger partial charge in [-0.15, -0.1) is 13.2 Å². The number of nitrogens with zero attached hydrogens (tertiary/aromatic N) is 1. The number of aromatic nitrogens is 2. The molecule has 0 saturated carbocycles. The monoisotopic (exact) mass is 357 g/mol. The normalized spacial score (nSPS) is 12.9. The van der Waals surface area contributed by atoms with Crippen LogP contribution in [0.4, 0.5) is 19.0 Å². The summed E-state index contributed by atoms with van der Waals surface area (Å²) in [4.78, 5) is 26.5. The Balaban J connectivity index is 2.23. The molecule has 0 bridgehead atoms. The zero-order valence-corrected chi connectivity index (χ0v) is 13.8. The lowest BCUT2D eigenvalue weighted by molar-refractivity contribution is -0.274. The molecule has 0 aliphatic rings. The van der Waals surface area contributed by atoms with Gasteiger partial charge in [-0.2, -0.15) is 0 Å². The third kappa shape index (κ3) is 4.88. The van der Waals surface area contributed by atoms with Crippen molar-refractivity contribution in [3.05, 3.63) is 56.7 Å². The topological polar surface area (TPSA) is 76.1 Å². The van der Waals surface area contributed by atoms with Crippen LogP contribution in [0, 0.1) is 0 Å². The number of ether oxygens (including phenoxy) is 1. The standard InChI is InChI=1S/C16H18F3N3O3/c1-9(2)22-14(23)8-13(21-15(22)24)20-10(3)11-5-4-6-12(7-11)25-16(17,18)19/h4-10,20H,1-3H3,(H,21,24)/t10-/m0/s1. The maximum atomic E-state index is 12.3. The molecule has 0 aliphatic heterocycles. The lowest BCUT2D eigenvalue weighted by Crippen LogP contribution is -2.36. The van der Waals surface area contributed by atoms with E-state index in [0.717, 1.165) is 4.57 Å². The molecule has 0 radical (unpaired) electrons. The summed E-state index contributed by atoms with van der Waals surface area (Å²) in [6.07, 6.45) is -4.78. The maximum Gasteiger partial charge on any atom is 0.573 e. The number of rotatable bonds is 5. The van der Waals surface area contributed by atoms with Crippen molar-refractivity contribution in [3.63, 3.8) is 0 Å². The minimum absolute atomic E-state index is 0.182. The summed E-state index contributed by atoms with van der Waals surface area (Å²) in [6.45, 7) is 5.09. The number of alkyl halides is 3. The van der Waals surface area contributed by atoms with Crippen LogP contribution in [0.25, 0.3) is 0 Å². The van der Waals surface area contributed by atoms with Gasteiger partial charge in [-0.3, -0.25) is 14.3 Å². The van der Waals surface area contributed by atoms with Gasteiger partial charge in [-0.1, -0.05) is 12.1 Å². The summed E-state index contributed by atoms with van der Waals surface area (Å²) in [6, 6.07) is 5.92. The fourth-order valence-corrected chi connectivity index (χ4v) is 2.37. The van der Waals surface area contributed by atoms with Crippen LogP contribution in [0.15, 0.2) is 39.9 Å². The van der Waals surface area contributed by atoms with E-state index in [1.54, 1.807) is 26.8 Å². The van der Waals surface area contributed by atoms with Gasteiger partial charge >= 0.3 is 12.1 Å². The minimum atomic E-state index is -4.78. The highest BCUT2D eigenvalue weighted by Gasteiger charge is 2.31. The third-order valence-electron chi connectivity index (χ3n) is 3.45. The Morgan fingerprint density at radius 3 is 2.40 bits per heavy atom. The molecular formula is C16H18F3N3O3. The van der Waals surface area contributed by atoms with E-state index >= 15 is 0 Å². The van der Waals surface area contributed by atoms with Crippen molar-refractivity contribution >= 4 is 5.82 Å². The van der Waals surface area contributed by atoms with Gasteiger partial charge in [0.05, 0.1) is 6.04 Å². The number of hydrogen-bond donors (Lipinski definition) is 2. The Kier molecular flexibility index (Phi) is 5.24. The average molecular weight is 357 g/mol. The molecule has 2 rings (SSSR count). The van der Waals surface area contributed by atoms with Crippen LogP contribution in [0.5, 0.6) is 5.75 Å². The Morgan fingerprint density at radius 1 is 1.16 bits per heavy atom. The molecule has 0 unspecified atom stereocenters. The molecule has 25 heavy (non-hydrogen) atoms. The largest absolute Gasteiger partial charge is 0.573 e. The van der Waals surface area contributed by atoms with Crippen LogP contribution >= 0.6 is 0 Å². The summed E-state index contributed by atoms with van der Waals surface area (Å²) in [5.74, 6) is -0.163. The molecular weight excluding hydrogens is 339 g/mol. The van der Waals surface area contributed by atoms with Gasteiger partial charge in [0.25, 0.3) is 5.56 Å². The van der Waals surface area contributed by atoms with Crippen molar-refractivity contribution in [1.82, 2.24) is 9.55 Å². The fraction of sp³-hybridized carbons (Fsp3) is 0.375. The predicted molar refractivity (Wildman–Crippen MR) is 86.9 cm³/mol. The highest BCUT2D eigenvalue weighted by Crippen LogP contribution is 2.26. The van der Waals surface area contributed by atoms with Gasteiger partial charge < -0.3 is 10.1 Å². The SMILES string of the molecule is CC(C)n1c(=O)cc(N[C@@H](C)c2cccc(OC(F)(F)F)c2)[nH]c1=O. The van der Waals surface area contributed by atoms with Gasteiger partial charge in [-0.25, -0.2) is 4.79 Å². The molecule has 2 N–H and O–H groups in total. The fourth-order valence-electron chi connectivity index (χ4n) is 2.37. The zero-order valence-electron chi connectivity index (χ0n) is 13.8. The van der Waals surface area contributed by atoms with Crippen LogP contribution in [-0.4, -0.2) is 15.9 Å². The summed E-state index contributed by atoms with van der Waals surface area (Å²) in [5, 5.41) is 2.89. The molecule has 0 fully saturated rings. The van der Waals surface area contributed by atoms with Crippen molar-refractivity contribution in [2.24, 2.45) is 0 Å². The van der Waals surface area contributed by atoms with Gasteiger partial charge in [0, 0.05) is 12.1 Å². The molecule has 0 amide bonds. The van der Waals surface area contributed by atoms with E-state index in [0.29, 0.717) is 5.56 Å². The van der Waals surface area contributed by atoms with Crippen LogP contribution < -0.4 is 21.3 Å². The van der Waals surface area contributed by atoms with E-state index in [4.69, 9.17) is 0 Å². The highest BCUT2D eigenvalue weighted by molar-refractivity contribution is 5.39. The smallest absolute Gasteiger partial charge is 0.406 e. The number of H-pyrrole nitrogens is 1. The van der Waals surface area contributed by atoms with E-state index in [1.807, 2.05) is 0 Å². The predicted octanol–water partition coefficient (Wildman–Crippen LogP) is 3.19. The van der Waals surface area contributed by atoms with Gasteiger partial charge in [0.2, 0.25) is 0 Å². The maximum absolute atomic E-state index is 12.3. The summed E-state index contributed by atoms with van der Waals surface area (Å²) >= 11 is 0. The van der Waals surface area contributed by atoms with Crippen molar-refractivity contribution in [2.75, 3.05) is 5.32 Å². The molecule has 1 atom stereocenters. The first-order valence-corrected chi connectivity index (χ1v) is 7.55. The molecule has 1 heterocycles. The average Bonchev–Trinajstić information content (AvgIpc) is 2.44. The Bertz CT molecular complexity index is 825. The molecule has 1 aromatic heterocycles. The quantitative estimate of drug-likeness (QED) is 0.862. The number of hydrogen-bond acceptors (Lipinski definition) is 4. The van der Waals surface area contributed by atoms with Crippen LogP contribution in [-0.2, 0) is 0 Å². The number of nitrogens with one attached hydrogen (secondary N) is 2. The Morgan fingerprint density at radius 2 is 1.84 bits per heavy atom. The lowest BCUT2D eigenvalue weighted by atomic mass is 10.1. The molecule has 136 valence electrons. The van der Waals surface area contributed by atoms with Crippen molar-refractivity contribution in [1.29, 1.82) is 0 Å². The van der Waals surface area contributed by atoms with E-state index in [1.165, 1.54) is 24.3 Å². The van der Waals surface area contributed by atoms with Crippen molar-refractivity contribution < 1.29 is 17.9 Å². The molecule has 0 aliphatic carbocycles. The van der Waals surface area contributed by atoms with Crippen LogP contribution in [0.3, 0.4) is 0 Å². The van der Waals surface area contributed by atoms with Gasteiger partial charge in [0.15, 0.2) is 0 Å². The number of aromatic amines is 1. The highest BCUT2D eigenvalue weighted by atomic mass is 19.4. The van der Waals surface area contributed by atoms with E-state index in [9.17, 15) is 22.8 Å². The van der Waals surface area contributed by atoms with Crippen LogP contribution in [0.2, 0.25) is 0 Å². The second-order valence-corrected chi connectivity index (χ2v) is 5.78. The van der Waals surface area contributed by atoms with Crippen molar-refractivity contribution in [3.8, 4) is 5.75 Å². The molecule has 1 aromatic carbocycles. The lowest BCUT2D eigenvalue weighted by Gasteiger charge is -2.17. The second-order valence-electron chi connectivity index (χ2n) is 5.78. The van der Waals surface area contributed by atoms with E-state index in [2.05, 4.69) is 15.0 Å². The first-order valence-electron chi connectivity index (χ1n) is 7.55. The number of halogens is 3. The molecule has 6 nitrogen and oxygen atoms in total. The zero-order chi connectivity index (χ0) is 18.8. The Hall–Kier alpha value is -2.71. The second kappa shape index (κ2) is 7.04. The summed E-state index contributed by atoms with van der Waals surface area (Å²) in [7, 11) is 0. The molecule has 9 heteroatoms. The first kappa shape index (κ1) is 18.6. The summed E-state index contributed by atoms with van der Waals surface area (Å²) < 4.78 is 41.8. The summed E-state index contributed by atoms with van der Waals surface area (Å²) in [5.41, 5.74) is -0.537. The van der Waals surface area contributed by atoms with E-state index < -0.39 is 23.7 Å². The Labute approximate surface area is 141 Å². The van der Waals surface area contributed by atoms with Gasteiger partial charge in [-0.05, 0) is 38.5 Å². The van der Waals surface area contributed by atoms with E-state index in [-0.39, 0.29) is 17.6 Å². The van der Waals surface area contributed by atoms with Crippen molar-refractivity contribution in [2.45, 2.75) is 39.2 Å². The third-order valence-corrected chi connectivity index (χ3v) is 3.45. The minimum Gasteiger partial charge on any atom is -0.406 e. The van der Waals surface area contributed by atoms with Crippen LogP contribution in [0.1, 0.15) is 38.4 Å². The first-order chi connectivity index (χ1) is 11.6. The number of anilines is 1. The molecule has 0 saturated heterocycles. The number of benzene rings is 1.